The summed E-state index contributed by atoms with van der Waals surface area (Å²) in [4.78, 5) is 21.3. The lowest BCUT2D eigenvalue weighted by Crippen LogP contribution is -2.50. The molecule has 1 amide bonds. The highest BCUT2D eigenvalue weighted by Crippen LogP contribution is 2.27. The molecule has 8 nitrogen and oxygen atoms in total. The van der Waals surface area contributed by atoms with Crippen molar-refractivity contribution in [1.82, 2.24) is 10.0 Å². The maximum Gasteiger partial charge on any atom is 0.289 e. The molecule has 10 heteroatoms. The van der Waals surface area contributed by atoms with Crippen LogP contribution in [-0.2, 0) is 14.8 Å². The average Bonchev–Trinajstić information content (AvgIpc) is 2.41. The van der Waals surface area contributed by atoms with Gasteiger partial charge in [0.25, 0.3) is 5.69 Å². The molecule has 114 valence electrons. The van der Waals surface area contributed by atoms with Gasteiger partial charge >= 0.3 is 0 Å². The van der Waals surface area contributed by atoms with Crippen molar-refractivity contribution in [3.63, 3.8) is 0 Å². The molecule has 1 atom stereocenters. The fourth-order valence-electron chi connectivity index (χ4n) is 1.94. The number of piperidine rings is 1. The Labute approximate surface area is 125 Å². The van der Waals surface area contributed by atoms with Gasteiger partial charge in [0.05, 0.1) is 9.82 Å². The Morgan fingerprint density at radius 1 is 1.43 bits per heavy atom. The number of sulfonamides is 1. The van der Waals surface area contributed by atoms with E-state index in [1.807, 2.05) is 0 Å². The number of carbonyl (C=O) groups is 1. The number of rotatable bonds is 4. The van der Waals surface area contributed by atoms with Gasteiger partial charge in [-0.05, 0) is 25.0 Å². The fourth-order valence-corrected chi connectivity index (χ4v) is 3.38. The molecule has 0 aromatic heterocycles. The molecule has 1 saturated heterocycles. The Morgan fingerprint density at radius 3 is 2.76 bits per heavy atom. The van der Waals surface area contributed by atoms with Gasteiger partial charge in [0.1, 0.15) is 11.1 Å². The molecule has 1 aliphatic heterocycles. The second-order valence-corrected chi connectivity index (χ2v) is 6.60. The standard InChI is InChI=1S/C11H12ClN3O5S/c12-8-4-3-7(6-10(8)15(17)18)21(19,20)14-9-2-1-5-13-11(9)16/h3-4,6,9,14H,1-2,5H2,(H,13,16). The number of nitrogens with zero attached hydrogens (tertiary/aromatic N) is 1. The molecule has 1 aliphatic rings. The lowest BCUT2D eigenvalue weighted by Gasteiger charge is -2.22. The first-order valence-corrected chi connectivity index (χ1v) is 7.91. The van der Waals surface area contributed by atoms with Gasteiger partial charge in [0.15, 0.2) is 0 Å². The number of nitro groups is 1. The van der Waals surface area contributed by atoms with Crippen molar-refractivity contribution in [2.24, 2.45) is 0 Å². The molecule has 21 heavy (non-hydrogen) atoms. The van der Waals surface area contributed by atoms with Gasteiger partial charge in [-0.2, -0.15) is 4.72 Å². The predicted molar refractivity (Wildman–Crippen MR) is 74.5 cm³/mol. The number of nitro benzene ring substituents is 1. The van der Waals surface area contributed by atoms with Gasteiger partial charge in [-0.15, -0.1) is 0 Å². The van der Waals surface area contributed by atoms with E-state index < -0.39 is 32.6 Å². The van der Waals surface area contributed by atoms with Crippen LogP contribution >= 0.6 is 11.6 Å². The van der Waals surface area contributed by atoms with Gasteiger partial charge in [0, 0.05) is 12.6 Å². The first-order chi connectivity index (χ1) is 9.81. The summed E-state index contributed by atoms with van der Waals surface area (Å²) >= 11 is 5.64. The molecule has 0 bridgehead atoms. The monoisotopic (exact) mass is 333 g/mol. The summed E-state index contributed by atoms with van der Waals surface area (Å²) < 4.78 is 26.6. The van der Waals surface area contributed by atoms with E-state index in [1.165, 1.54) is 0 Å². The molecular weight excluding hydrogens is 322 g/mol. The van der Waals surface area contributed by atoms with Gasteiger partial charge < -0.3 is 5.32 Å². The highest BCUT2D eigenvalue weighted by molar-refractivity contribution is 7.89. The number of amides is 1. The zero-order valence-corrected chi connectivity index (χ0v) is 12.3. The van der Waals surface area contributed by atoms with Crippen LogP contribution in [0.1, 0.15) is 12.8 Å². The fraction of sp³-hybridized carbons (Fsp3) is 0.364. The molecule has 1 aromatic carbocycles. The molecular formula is C11H12ClN3O5S. The van der Waals surface area contributed by atoms with Gasteiger partial charge in [0.2, 0.25) is 15.9 Å². The van der Waals surface area contributed by atoms with E-state index >= 15 is 0 Å². The summed E-state index contributed by atoms with van der Waals surface area (Å²) in [5, 5.41) is 13.2. The molecule has 0 aliphatic carbocycles. The lowest BCUT2D eigenvalue weighted by atomic mass is 10.1. The van der Waals surface area contributed by atoms with Crippen LogP contribution in [0.3, 0.4) is 0 Å². The van der Waals surface area contributed by atoms with Crippen molar-refractivity contribution in [2.75, 3.05) is 6.54 Å². The predicted octanol–water partition coefficient (Wildman–Crippen LogP) is 0.805. The van der Waals surface area contributed by atoms with Crippen LogP contribution in [0.25, 0.3) is 0 Å². The van der Waals surface area contributed by atoms with E-state index in [2.05, 4.69) is 10.0 Å². The molecule has 0 radical (unpaired) electrons. The Hall–Kier alpha value is -1.71. The number of carbonyl (C=O) groups excluding carboxylic acids is 1. The van der Waals surface area contributed by atoms with Crippen molar-refractivity contribution < 1.29 is 18.1 Å². The zero-order valence-electron chi connectivity index (χ0n) is 10.7. The van der Waals surface area contributed by atoms with Crippen LogP contribution in [0, 0.1) is 10.1 Å². The van der Waals surface area contributed by atoms with E-state index in [4.69, 9.17) is 11.6 Å². The summed E-state index contributed by atoms with van der Waals surface area (Å²) in [6, 6.07) is 2.28. The molecule has 1 unspecified atom stereocenters. The van der Waals surface area contributed by atoms with Crippen LogP contribution in [0.2, 0.25) is 5.02 Å². The number of benzene rings is 1. The largest absolute Gasteiger partial charge is 0.355 e. The average molecular weight is 334 g/mol. The number of nitrogens with one attached hydrogen (secondary N) is 2. The molecule has 0 saturated carbocycles. The summed E-state index contributed by atoms with van der Waals surface area (Å²) in [6.07, 6.45) is 1.03. The van der Waals surface area contributed by atoms with E-state index in [1.54, 1.807) is 0 Å². The Kier molecular flexibility index (Phi) is 4.45. The minimum atomic E-state index is -4.04. The Morgan fingerprint density at radius 2 is 2.14 bits per heavy atom. The minimum absolute atomic E-state index is 0.158. The third-order valence-corrected chi connectivity index (χ3v) is 4.80. The summed E-state index contributed by atoms with van der Waals surface area (Å²) in [5.74, 6) is -0.409. The second-order valence-electron chi connectivity index (χ2n) is 4.48. The van der Waals surface area contributed by atoms with E-state index in [0.29, 0.717) is 19.4 Å². The van der Waals surface area contributed by atoms with Crippen LogP contribution in [0.5, 0.6) is 0 Å². The van der Waals surface area contributed by atoms with Crippen LogP contribution in [0.4, 0.5) is 5.69 Å². The van der Waals surface area contributed by atoms with E-state index in [-0.39, 0.29) is 9.92 Å². The first-order valence-electron chi connectivity index (χ1n) is 6.05. The minimum Gasteiger partial charge on any atom is -0.355 e. The molecule has 2 N–H and O–H groups in total. The smallest absolute Gasteiger partial charge is 0.289 e. The summed E-state index contributed by atoms with van der Waals surface area (Å²) in [6.45, 7) is 0.503. The van der Waals surface area contributed by atoms with Crippen molar-refractivity contribution >= 4 is 33.2 Å². The van der Waals surface area contributed by atoms with Crippen LogP contribution in [0.15, 0.2) is 23.1 Å². The third kappa shape index (κ3) is 3.49. The molecule has 1 fully saturated rings. The molecule has 1 heterocycles. The normalized spacial score (nSPS) is 19.1. The van der Waals surface area contributed by atoms with Crippen LogP contribution in [-0.4, -0.2) is 31.8 Å². The van der Waals surface area contributed by atoms with Gasteiger partial charge in [-0.1, -0.05) is 11.6 Å². The highest BCUT2D eigenvalue weighted by atomic mass is 35.5. The highest BCUT2D eigenvalue weighted by Gasteiger charge is 2.29. The first kappa shape index (κ1) is 15.7. The summed E-state index contributed by atoms with van der Waals surface area (Å²) in [5.41, 5.74) is -0.507. The second kappa shape index (κ2) is 5.96. The van der Waals surface area contributed by atoms with Gasteiger partial charge in [-0.25, -0.2) is 8.42 Å². The van der Waals surface area contributed by atoms with Crippen LogP contribution < -0.4 is 10.0 Å². The topological polar surface area (TPSA) is 118 Å². The third-order valence-electron chi connectivity index (χ3n) is 3.01. The lowest BCUT2D eigenvalue weighted by molar-refractivity contribution is -0.384. The summed E-state index contributed by atoms with van der Waals surface area (Å²) in [7, 11) is -4.04. The zero-order chi connectivity index (χ0) is 15.6. The maximum absolute atomic E-state index is 12.2. The number of hydrogen-bond acceptors (Lipinski definition) is 5. The molecule has 2 rings (SSSR count). The quantitative estimate of drug-likeness (QED) is 0.624. The van der Waals surface area contributed by atoms with Crippen molar-refractivity contribution in [3.05, 3.63) is 33.3 Å². The van der Waals surface area contributed by atoms with Gasteiger partial charge in [-0.3, -0.25) is 14.9 Å². The number of halogens is 1. The maximum atomic E-state index is 12.2. The van der Waals surface area contributed by atoms with E-state index in [0.717, 1.165) is 18.2 Å². The number of hydrogen-bond donors (Lipinski definition) is 2. The van der Waals surface area contributed by atoms with Crippen molar-refractivity contribution in [2.45, 2.75) is 23.8 Å². The van der Waals surface area contributed by atoms with Crippen molar-refractivity contribution in [3.8, 4) is 0 Å². The Bertz CT molecular complexity index is 691. The Balaban J connectivity index is 2.29. The SMILES string of the molecule is O=C1NCCCC1NS(=O)(=O)c1ccc(Cl)c([N+](=O)[O-])c1. The van der Waals surface area contributed by atoms with E-state index in [9.17, 15) is 23.3 Å². The molecule has 1 aromatic rings. The van der Waals surface area contributed by atoms with Crippen molar-refractivity contribution in [1.29, 1.82) is 0 Å². The molecule has 0 spiro atoms.